The third-order valence-corrected chi connectivity index (χ3v) is 5.63. The van der Waals surface area contributed by atoms with E-state index in [9.17, 15) is 9.59 Å². The molecule has 2 amide bonds. The molecule has 5 rings (SSSR count). The molecule has 26 heavy (non-hydrogen) atoms. The normalized spacial score (nSPS) is 21.4. The molecule has 2 heterocycles. The van der Waals surface area contributed by atoms with Crippen LogP contribution < -0.4 is 20.7 Å². The number of carbonyl (C=O) groups excluding carboxylic acids is 2. The maximum Gasteiger partial charge on any atom is 0.269 e. The maximum absolute atomic E-state index is 13.2. The van der Waals surface area contributed by atoms with Crippen LogP contribution in [0.2, 0.25) is 0 Å². The number of carbonyl (C=O) groups is 2. The van der Waals surface area contributed by atoms with E-state index in [0.29, 0.717) is 23.5 Å². The quantitative estimate of drug-likeness (QED) is 0.869. The molecule has 1 unspecified atom stereocenters. The summed E-state index contributed by atoms with van der Waals surface area (Å²) < 4.78 is 5.94. The lowest BCUT2D eigenvalue weighted by Gasteiger charge is -2.30. The van der Waals surface area contributed by atoms with E-state index < -0.39 is 12.0 Å². The number of rotatable bonds is 2. The van der Waals surface area contributed by atoms with Gasteiger partial charge in [0.05, 0.1) is 12.2 Å². The lowest BCUT2D eigenvalue weighted by atomic mass is 9.99. The number of nitrogens with zero attached hydrogens (tertiary/aromatic N) is 1. The van der Waals surface area contributed by atoms with Gasteiger partial charge in [-0.15, -0.1) is 0 Å². The second-order valence-corrected chi connectivity index (χ2v) is 7.28. The first kappa shape index (κ1) is 15.3. The molecule has 2 aromatic rings. The van der Waals surface area contributed by atoms with Gasteiger partial charge in [0, 0.05) is 23.2 Å². The van der Waals surface area contributed by atoms with Crippen LogP contribution in [0.15, 0.2) is 42.5 Å². The van der Waals surface area contributed by atoms with E-state index in [2.05, 4.69) is 11.4 Å². The van der Waals surface area contributed by atoms with Gasteiger partial charge in [-0.1, -0.05) is 18.2 Å². The van der Waals surface area contributed by atoms with Gasteiger partial charge in [0.1, 0.15) is 5.75 Å². The number of amides is 2. The summed E-state index contributed by atoms with van der Waals surface area (Å²) in [7, 11) is 0. The standard InChI is InChI=1S/C20H19N3O3/c21-18(24)12-5-6-16-14(9-12)22-10-17(26-16)19(25)23-11-20(7-8-20)13-3-1-2-4-15(13)23/h1-6,9,17,22H,7-8,10-11H2,(H2,21,24). The summed E-state index contributed by atoms with van der Waals surface area (Å²) in [6.07, 6.45) is 1.68. The minimum atomic E-state index is -0.594. The predicted octanol–water partition coefficient (Wildman–Crippen LogP) is 2.04. The molecule has 0 radical (unpaired) electrons. The maximum atomic E-state index is 13.2. The van der Waals surface area contributed by atoms with Crippen molar-refractivity contribution < 1.29 is 14.3 Å². The number of nitrogens with one attached hydrogen (secondary N) is 1. The van der Waals surface area contributed by atoms with Gasteiger partial charge < -0.3 is 20.7 Å². The predicted molar refractivity (Wildman–Crippen MR) is 97.6 cm³/mol. The first-order valence-corrected chi connectivity index (χ1v) is 8.83. The van der Waals surface area contributed by atoms with Crippen LogP contribution in [0.25, 0.3) is 0 Å². The van der Waals surface area contributed by atoms with Crippen LogP contribution in [0, 0.1) is 0 Å². The summed E-state index contributed by atoms with van der Waals surface area (Å²) in [6.45, 7) is 1.10. The number of benzene rings is 2. The summed E-state index contributed by atoms with van der Waals surface area (Å²) in [5, 5.41) is 3.19. The molecule has 0 aromatic heterocycles. The van der Waals surface area contributed by atoms with Crippen LogP contribution in [-0.2, 0) is 10.2 Å². The van der Waals surface area contributed by atoms with Crippen molar-refractivity contribution in [1.29, 1.82) is 0 Å². The van der Waals surface area contributed by atoms with Gasteiger partial charge in [0.25, 0.3) is 5.91 Å². The van der Waals surface area contributed by atoms with Gasteiger partial charge in [0.2, 0.25) is 5.91 Å². The Bertz CT molecular complexity index is 936. The molecule has 0 bridgehead atoms. The van der Waals surface area contributed by atoms with Crippen molar-refractivity contribution in [1.82, 2.24) is 0 Å². The number of hydrogen-bond acceptors (Lipinski definition) is 4. The Morgan fingerprint density at radius 1 is 1.19 bits per heavy atom. The molecule has 1 saturated carbocycles. The summed E-state index contributed by atoms with van der Waals surface area (Å²) in [4.78, 5) is 26.3. The van der Waals surface area contributed by atoms with Crippen molar-refractivity contribution in [3.63, 3.8) is 0 Å². The highest BCUT2D eigenvalue weighted by molar-refractivity contribution is 6.00. The molecule has 1 aliphatic carbocycles. The van der Waals surface area contributed by atoms with Gasteiger partial charge in [-0.2, -0.15) is 0 Å². The Kier molecular flexibility index (Phi) is 3.07. The number of nitrogens with two attached hydrogens (primary N) is 1. The molecule has 0 saturated heterocycles. The lowest BCUT2D eigenvalue weighted by molar-refractivity contribution is -0.124. The Morgan fingerprint density at radius 2 is 2.00 bits per heavy atom. The first-order chi connectivity index (χ1) is 12.6. The zero-order valence-corrected chi connectivity index (χ0v) is 14.2. The highest BCUT2D eigenvalue weighted by Crippen LogP contribution is 2.56. The third kappa shape index (κ3) is 2.18. The van der Waals surface area contributed by atoms with Gasteiger partial charge in [-0.05, 0) is 42.7 Å². The number of para-hydroxylation sites is 1. The number of ether oxygens (including phenoxy) is 1. The van der Waals surface area contributed by atoms with Crippen LogP contribution in [0.1, 0.15) is 28.8 Å². The Labute approximate surface area is 150 Å². The van der Waals surface area contributed by atoms with E-state index in [-0.39, 0.29) is 11.3 Å². The van der Waals surface area contributed by atoms with E-state index in [1.54, 1.807) is 18.2 Å². The minimum absolute atomic E-state index is 0.0293. The SMILES string of the molecule is NC(=O)c1ccc2c(c1)NCC(C(=O)N1CC3(CC3)c3ccccc31)O2. The van der Waals surface area contributed by atoms with Gasteiger partial charge in [0.15, 0.2) is 6.10 Å². The van der Waals surface area contributed by atoms with Crippen LogP contribution in [0.5, 0.6) is 5.75 Å². The molecule has 1 atom stereocenters. The molecule has 2 aliphatic heterocycles. The fourth-order valence-electron chi connectivity index (χ4n) is 4.04. The van der Waals surface area contributed by atoms with Crippen molar-refractivity contribution in [2.75, 3.05) is 23.3 Å². The fourth-order valence-corrected chi connectivity index (χ4v) is 4.04. The summed E-state index contributed by atoms with van der Waals surface area (Å²) in [5.41, 5.74) is 8.85. The number of primary amides is 1. The van der Waals surface area contributed by atoms with E-state index in [1.165, 1.54) is 5.56 Å². The van der Waals surface area contributed by atoms with Crippen molar-refractivity contribution >= 4 is 23.2 Å². The number of fused-ring (bicyclic) bond motifs is 3. The van der Waals surface area contributed by atoms with Crippen molar-refractivity contribution in [2.24, 2.45) is 5.73 Å². The zero-order valence-electron chi connectivity index (χ0n) is 14.2. The molecule has 6 heteroatoms. The molecule has 2 aromatic carbocycles. The number of anilines is 2. The Morgan fingerprint density at radius 3 is 2.77 bits per heavy atom. The molecule has 3 aliphatic rings. The minimum Gasteiger partial charge on any atom is -0.477 e. The van der Waals surface area contributed by atoms with E-state index in [0.717, 1.165) is 25.1 Å². The molecule has 1 fully saturated rings. The highest BCUT2D eigenvalue weighted by Gasteiger charge is 2.53. The third-order valence-electron chi connectivity index (χ3n) is 5.63. The molecule has 1 spiro atoms. The van der Waals surface area contributed by atoms with Crippen molar-refractivity contribution in [2.45, 2.75) is 24.4 Å². The number of hydrogen-bond donors (Lipinski definition) is 2. The zero-order chi connectivity index (χ0) is 17.9. The van der Waals surface area contributed by atoms with Gasteiger partial charge in [-0.3, -0.25) is 9.59 Å². The van der Waals surface area contributed by atoms with E-state index >= 15 is 0 Å². The second kappa shape index (κ2) is 5.24. The summed E-state index contributed by atoms with van der Waals surface area (Å²) in [6, 6.07) is 13.1. The van der Waals surface area contributed by atoms with Crippen LogP contribution in [-0.4, -0.2) is 31.0 Å². The lowest BCUT2D eigenvalue weighted by Crippen LogP contribution is -2.47. The van der Waals surface area contributed by atoms with Gasteiger partial charge >= 0.3 is 0 Å². The molecule has 6 nitrogen and oxygen atoms in total. The molecule has 3 N–H and O–H groups in total. The second-order valence-electron chi connectivity index (χ2n) is 7.28. The molecule has 132 valence electrons. The van der Waals surface area contributed by atoms with Crippen molar-refractivity contribution in [3.8, 4) is 5.75 Å². The highest BCUT2D eigenvalue weighted by atomic mass is 16.5. The Balaban J connectivity index is 1.40. The topological polar surface area (TPSA) is 84.7 Å². The molecular formula is C20H19N3O3. The molecular weight excluding hydrogens is 330 g/mol. The Hall–Kier alpha value is -3.02. The summed E-state index contributed by atoms with van der Waals surface area (Å²) >= 11 is 0. The van der Waals surface area contributed by atoms with Crippen LogP contribution in [0.4, 0.5) is 11.4 Å². The van der Waals surface area contributed by atoms with E-state index in [1.807, 2.05) is 23.1 Å². The van der Waals surface area contributed by atoms with Crippen LogP contribution >= 0.6 is 0 Å². The monoisotopic (exact) mass is 349 g/mol. The largest absolute Gasteiger partial charge is 0.477 e. The smallest absolute Gasteiger partial charge is 0.269 e. The average molecular weight is 349 g/mol. The van der Waals surface area contributed by atoms with E-state index in [4.69, 9.17) is 10.5 Å². The first-order valence-electron chi connectivity index (χ1n) is 8.83. The summed E-state index contributed by atoms with van der Waals surface area (Å²) in [5.74, 6) is 0.0442. The van der Waals surface area contributed by atoms with Crippen LogP contribution in [0.3, 0.4) is 0 Å². The fraction of sp³-hybridized carbons (Fsp3) is 0.300. The van der Waals surface area contributed by atoms with Gasteiger partial charge in [-0.25, -0.2) is 0 Å². The van der Waals surface area contributed by atoms with Crippen molar-refractivity contribution in [3.05, 3.63) is 53.6 Å². The average Bonchev–Trinajstić information content (AvgIpc) is 3.37.